The number of hydrogen-bond donors (Lipinski definition) is 0. The molecule has 0 spiro atoms. The lowest BCUT2D eigenvalue weighted by Crippen LogP contribution is -1.94. The quantitative estimate of drug-likeness (QED) is 0.178. The van der Waals surface area contributed by atoms with Gasteiger partial charge in [-0.15, -0.1) is 0 Å². The van der Waals surface area contributed by atoms with E-state index in [1.807, 2.05) is 97.1 Å². The average molecular weight is 653 g/mol. The third kappa shape index (κ3) is 5.65. The summed E-state index contributed by atoms with van der Waals surface area (Å²) >= 11 is 9.74. The van der Waals surface area contributed by atoms with Crippen molar-refractivity contribution in [1.29, 1.82) is 0 Å². The second-order valence-electron chi connectivity index (χ2n) is 10.0. The predicted molar refractivity (Wildman–Crippen MR) is 183 cm³/mol. The van der Waals surface area contributed by atoms with E-state index in [1.54, 1.807) is 6.20 Å². The highest BCUT2D eigenvalue weighted by molar-refractivity contribution is 9.10. The van der Waals surface area contributed by atoms with E-state index in [1.165, 1.54) is 0 Å². The van der Waals surface area contributed by atoms with E-state index in [4.69, 9.17) is 21.6 Å². The minimum absolute atomic E-state index is 0.427. The highest BCUT2D eigenvalue weighted by atomic mass is 79.9. The highest BCUT2D eigenvalue weighted by Crippen LogP contribution is 2.30. The number of pyridine rings is 1. The Hall–Kier alpha value is -5.04. The van der Waals surface area contributed by atoms with Crippen LogP contribution in [0.2, 0.25) is 5.15 Å². The van der Waals surface area contributed by atoms with Gasteiger partial charge in [0.1, 0.15) is 5.15 Å². The molecule has 0 saturated heterocycles. The Bertz CT molecular complexity index is 2250. The molecule has 8 rings (SSSR count). The molecule has 5 aromatic carbocycles. The second-order valence-corrected chi connectivity index (χ2v) is 11.3. The summed E-state index contributed by atoms with van der Waals surface area (Å²) in [7, 11) is 0. The highest BCUT2D eigenvalue weighted by Gasteiger charge is 2.12. The first-order chi connectivity index (χ1) is 21.6. The van der Waals surface area contributed by atoms with Crippen molar-refractivity contribution in [3.8, 4) is 34.0 Å². The minimum Gasteiger partial charge on any atom is -0.236 e. The van der Waals surface area contributed by atoms with Crippen molar-refractivity contribution in [2.24, 2.45) is 0 Å². The second kappa shape index (κ2) is 12.3. The van der Waals surface area contributed by atoms with Crippen LogP contribution in [-0.2, 0) is 0 Å². The molecule has 0 saturated carbocycles. The van der Waals surface area contributed by atoms with Crippen LogP contribution in [0.4, 0.5) is 0 Å². The Balaban J connectivity index is 0.000000143. The first-order valence-corrected chi connectivity index (χ1v) is 15.2. The molecule has 0 aliphatic heterocycles. The van der Waals surface area contributed by atoms with Crippen LogP contribution < -0.4 is 0 Å². The summed E-state index contributed by atoms with van der Waals surface area (Å²) in [6, 6.07) is 44.4. The Morgan fingerprint density at radius 1 is 0.500 bits per heavy atom. The van der Waals surface area contributed by atoms with Gasteiger partial charge in [0.15, 0.2) is 17.3 Å². The van der Waals surface area contributed by atoms with Gasteiger partial charge in [-0.25, -0.2) is 24.9 Å². The maximum atomic E-state index is 6.27. The Morgan fingerprint density at radius 3 is 2.05 bits per heavy atom. The van der Waals surface area contributed by atoms with Crippen LogP contribution in [0.1, 0.15) is 0 Å². The molecule has 0 fully saturated rings. The number of aromatic nitrogens is 5. The van der Waals surface area contributed by atoms with Gasteiger partial charge in [0.25, 0.3) is 0 Å². The molecule has 210 valence electrons. The van der Waals surface area contributed by atoms with Crippen molar-refractivity contribution >= 4 is 60.2 Å². The standard InChI is InChI=1S/C20H13BrN2.C17H10ClN3/c21-16-12-10-15(11-13-16)20-22-18-9-5-4-8-17(18)19(23-20)14-6-2-1-3-7-14;18-15-14-9-4-10-19-16(14)21-17(20-15)13-8-3-6-11-5-1-2-7-12(11)13/h1-13H;1-10H. The van der Waals surface area contributed by atoms with Crippen LogP contribution >= 0.6 is 27.5 Å². The van der Waals surface area contributed by atoms with Gasteiger partial charge in [-0.1, -0.05) is 131 Å². The van der Waals surface area contributed by atoms with Gasteiger partial charge in [-0.05, 0) is 41.1 Å². The minimum atomic E-state index is 0.427. The lowest BCUT2D eigenvalue weighted by molar-refractivity contribution is 1.19. The molecule has 7 heteroatoms. The topological polar surface area (TPSA) is 64.5 Å². The fourth-order valence-electron chi connectivity index (χ4n) is 5.09. The molecular weight excluding hydrogens is 630 g/mol. The molecular formula is C37H23BrClN5. The molecule has 3 heterocycles. The maximum Gasteiger partial charge on any atom is 0.164 e. The SMILES string of the molecule is Brc1ccc(-c2nc(-c3ccccc3)c3ccccc3n2)cc1.Clc1nc(-c2cccc3ccccc23)nc2ncccc12. The maximum absolute atomic E-state index is 6.27. The van der Waals surface area contributed by atoms with Crippen LogP contribution in [0.3, 0.4) is 0 Å². The van der Waals surface area contributed by atoms with Gasteiger partial charge in [-0.2, -0.15) is 0 Å². The third-order valence-electron chi connectivity index (χ3n) is 7.21. The summed E-state index contributed by atoms with van der Waals surface area (Å²) in [5, 5.41) is 4.51. The number of rotatable bonds is 3. The fraction of sp³-hybridized carbons (Fsp3) is 0. The van der Waals surface area contributed by atoms with E-state index in [2.05, 4.69) is 67.3 Å². The van der Waals surface area contributed by atoms with E-state index in [9.17, 15) is 0 Å². The fourth-order valence-corrected chi connectivity index (χ4v) is 5.58. The number of hydrogen-bond acceptors (Lipinski definition) is 5. The molecule has 0 unspecified atom stereocenters. The van der Waals surface area contributed by atoms with Gasteiger partial charge in [0.2, 0.25) is 0 Å². The summed E-state index contributed by atoms with van der Waals surface area (Å²) in [5.74, 6) is 1.35. The third-order valence-corrected chi connectivity index (χ3v) is 8.02. The van der Waals surface area contributed by atoms with Crippen LogP contribution in [0.5, 0.6) is 0 Å². The van der Waals surface area contributed by atoms with Gasteiger partial charge in [0.05, 0.1) is 16.6 Å². The van der Waals surface area contributed by atoms with Crippen molar-refractivity contribution in [3.63, 3.8) is 0 Å². The normalized spacial score (nSPS) is 11.0. The van der Waals surface area contributed by atoms with Crippen LogP contribution in [-0.4, -0.2) is 24.9 Å². The first kappa shape index (κ1) is 27.8. The zero-order valence-electron chi connectivity index (χ0n) is 23.3. The summed E-state index contributed by atoms with van der Waals surface area (Å²) in [6.07, 6.45) is 1.71. The lowest BCUT2D eigenvalue weighted by atomic mass is 10.0. The summed E-state index contributed by atoms with van der Waals surface area (Å²) in [6.45, 7) is 0. The monoisotopic (exact) mass is 651 g/mol. The van der Waals surface area contributed by atoms with Gasteiger partial charge in [-0.3, -0.25) is 0 Å². The Labute approximate surface area is 267 Å². The number of nitrogens with zero attached hydrogens (tertiary/aromatic N) is 5. The summed E-state index contributed by atoms with van der Waals surface area (Å²) < 4.78 is 1.05. The Kier molecular flexibility index (Phi) is 7.76. The molecule has 0 atom stereocenters. The van der Waals surface area contributed by atoms with Crippen molar-refractivity contribution in [2.45, 2.75) is 0 Å². The number of halogens is 2. The molecule has 0 amide bonds. The summed E-state index contributed by atoms with van der Waals surface area (Å²) in [5.41, 5.74) is 5.61. The molecule has 0 aliphatic carbocycles. The number of benzene rings is 5. The zero-order chi connectivity index (χ0) is 29.9. The van der Waals surface area contributed by atoms with Crippen molar-refractivity contribution < 1.29 is 0 Å². The van der Waals surface area contributed by atoms with Crippen molar-refractivity contribution in [2.75, 3.05) is 0 Å². The van der Waals surface area contributed by atoms with E-state index < -0.39 is 0 Å². The molecule has 5 nitrogen and oxygen atoms in total. The van der Waals surface area contributed by atoms with E-state index >= 15 is 0 Å². The molecule has 0 N–H and O–H groups in total. The Morgan fingerprint density at radius 2 is 1.20 bits per heavy atom. The smallest absolute Gasteiger partial charge is 0.164 e. The van der Waals surface area contributed by atoms with Crippen molar-refractivity contribution in [3.05, 3.63) is 149 Å². The molecule has 8 aromatic rings. The van der Waals surface area contributed by atoms with Crippen molar-refractivity contribution in [1.82, 2.24) is 24.9 Å². The zero-order valence-corrected chi connectivity index (χ0v) is 25.6. The first-order valence-electron chi connectivity index (χ1n) is 14.0. The van der Waals surface area contributed by atoms with Gasteiger partial charge in [0, 0.05) is 32.7 Å². The van der Waals surface area contributed by atoms with E-state index in [-0.39, 0.29) is 0 Å². The van der Waals surface area contributed by atoms with Crippen LogP contribution in [0, 0.1) is 0 Å². The van der Waals surface area contributed by atoms with Gasteiger partial charge >= 0.3 is 0 Å². The van der Waals surface area contributed by atoms with E-state index in [0.29, 0.717) is 16.6 Å². The lowest BCUT2D eigenvalue weighted by Gasteiger charge is -2.09. The molecule has 0 bridgehead atoms. The predicted octanol–water partition coefficient (Wildman–Crippen LogP) is 10.2. The van der Waals surface area contributed by atoms with Crippen LogP contribution in [0.15, 0.2) is 144 Å². The molecule has 0 radical (unpaired) electrons. The van der Waals surface area contributed by atoms with Gasteiger partial charge < -0.3 is 0 Å². The average Bonchev–Trinajstić information content (AvgIpc) is 3.08. The molecule has 3 aromatic heterocycles. The molecule has 0 aliphatic rings. The van der Waals surface area contributed by atoms with Crippen LogP contribution in [0.25, 0.3) is 66.7 Å². The number of fused-ring (bicyclic) bond motifs is 3. The molecule has 44 heavy (non-hydrogen) atoms. The largest absolute Gasteiger partial charge is 0.236 e. The summed E-state index contributed by atoms with van der Waals surface area (Å²) in [4.78, 5) is 22.8. The van der Waals surface area contributed by atoms with E-state index in [0.717, 1.165) is 59.7 Å². The number of para-hydroxylation sites is 1.